The normalized spacial score (nSPS) is 11.0. The smallest absolute Gasteiger partial charge is 0.264 e. The lowest BCUT2D eigenvalue weighted by Gasteiger charge is -2.09. The maximum atomic E-state index is 12.7. The summed E-state index contributed by atoms with van der Waals surface area (Å²) in [6.07, 6.45) is 3.07. The number of hydrogen-bond acceptors (Lipinski definition) is 5. The highest BCUT2D eigenvalue weighted by Crippen LogP contribution is 2.10. The third-order valence-corrected chi connectivity index (χ3v) is 4.31. The SMILES string of the molecule is CCOCC(=O)NCCn1ncc2c(=O)n(Cc3ccccc3C)cnc21. The maximum Gasteiger partial charge on any atom is 0.264 e. The van der Waals surface area contributed by atoms with E-state index in [1.165, 1.54) is 6.20 Å². The van der Waals surface area contributed by atoms with Gasteiger partial charge in [-0.25, -0.2) is 9.67 Å². The second-order valence-corrected chi connectivity index (χ2v) is 6.20. The van der Waals surface area contributed by atoms with Crippen LogP contribution in [0.2, 0.25) is 0 Å². The van der Waals surface area contributed by atoms with Crippen LogP contribution in [0.1, 0.15) is 18.1 Å². The van der Waals surface area contributed by atoms with Gasteiger partial charge < -0.3 is 10.1 Å². The summed E-state index contributed by atoms with van der Waals surface area (Å²) >= 11 is 0. The number of carbonyl (C=O) groups is 1. The Labute approximate surface area is 156 Å². The lowest BCUT2D eigenvalue weighted by atomic mass is 10.1. The largest absolute Gasteiger partial charge is 0.372 e. The van der Waals surface area contributed by atoms with Crippen molar-refractivity contribution >= 4 is 16.9 Å². The Morgan fingerprint density at radius 2 is 2.11 bits per heavy atom. The second-order valence-electron chi connectivity index (χ2n) is 6.20. The molecular weight excluding hydrogens is 346 g/mol. The van der Waals surface area contributed by atoms with Crippen LogP contribution in [-0.4, -0.2) is 45.0 Å². The predicted molar refractivity (Wildman–Crippen MR) is 102 cm³/mol. The van der Waals surface area contributed by atoms with E-state index < -0.39 is 0 Å². The number of benzene rings is 1. The molecule has 0 unspecified atom stereocenters. The van der Waals surface area contributed by atoms with Crippen molar-refractivity contribution in [1.82, 2.24) is 24.6 Å². The maximum absolute atomic E-state index is 12.7. The van der Waals surface area contributed by atoms with E-state index in [2.05, 4.69) is 15.4 Å². The van der Waals surface area contributed by atoms with E-state index in [0.29, 0.717) is 37.3 Å². The topological polar surface area (TPSA) is 91.0 Å². The summed E-state index contributed by atoms with van der Waals surface area (Å²) in [6.45, 7) is 5.67. The molecule has 142 valence electrons. The first-order chi connectivity index (χ1) is 13.1. The first kappa shape index (κ1) is 18.8. The van der Waals surface area contributed by atoms with Crippen LogP contribution in [0.4, 0.5) is 0 Å². The average molecular weight is 369 g/mol. The molecule has 0 aliphatic rings. The van der Waals surface area contributed by atoms with Gasteiger partial charge in [-0.2, -0.15) is 5.10 Å². The molecule has 8 heteroatoms. The van der Waals surface area contributed by atoms with E-state index in [-0.39, 0.29) is 18.1 Å². The average Bonchev–Trinajstić information content (AvgIpc) is 3.08. The molecule has 0 aliphatic heterocycles. The van der Waals surface area contributed by atoms with Gasteiger partial charge in [0.1, 0.15) is 18.3 Å². The van der Waals surface area contributed by atoms with Crippen LogP contribution in [0, 0.1) is 6.92 Å². The summed E-state index contributed by atoms with van der Waals surface area (Å²) in [4.78, 5) is 28.7. The highest BCUT2D eigenvalue weighted by molar-refractivity contribution is 5.77. The van der Waals surface area contributed by atoms with Crippen LogP contribution in [0.15, 0.2) is 41.6 Å². The minimum absolute atomic E-state index is 0.0399. The molecule has 2 aromatic heterocycles. The van der Waals surface area contributed by atoms with Crippen molar-refractivity contribution in [2.24, 2.45) is 0 Å². The van der Waals surface area contributed by atoms with Gasteiger partial charge in [0.2, 0.25) is 5.91 Å². The number of nitrogens with zero attached hydrogens (tertiary/aromatic N) is 4. The lowest BCUT2D eigenvalue weighted by Crippen LogP contribution is -2.31. The van der Waals surface area contributed by atoms with Crippen molar-refractivity contribution < 1.29 is 9.53 Å². The summed E-state index contributed by atoms with van der Waals surface area (Å²) in [7, 11) is 0. The summed E-state index contributed by atoms with van der Waals surface area (Å²) in [5.41, 5.74) is 2.59. The van der Waals surface area contributed by atoms with Gasteiger partial charge in [-0.1, -0.05) is 24.3 Å². The highest BCUT2D eigenvalue weighted by atomic mass is 16.5. The third kappa shape index (κ3) is 4.40. The Balaban J connectivity index is 1.72. The monoisotopic (exact) mass is 369 g/mol. The molecule has 27 heavy (non-hydrogen) atoms. The van der Waals surface area contributed by atoms with Crippen molar-refractivity contribution in [3.63, 3.8) is 0 Å². The fourth-order valence-electron chi connectivity index (χ4n) is 2.79. The molecule has 1 amide bonds. The molecule has 0 bridgehead atoms. The number of aromatic nitrogens is 4. The Bertz CT molecular complexity index is 992. The molecule has 3 aromatic rings. The zero-order chi connectivity index (χ0) is 19.2. The summed E-state index contributed by atoms with van der Waals surface area (Å²) in [5, 5.41) is 7.45. The first-order valence-corrected chi connectivity index (χ1v) is 8.90. The molecule has 3 rings (SSSR count). The Morgan fingerprint density at radius 3 is 2.89 bits per heavy atom. The van der Waals surface area contributed by atoms with Crippen molar-refractivity contribution in [3.05, 3.63) is 58.3 Å². The van der Waals surface area contributed by atoms with E-state index in [9.17, 15) is 9.59 Å². The van der Waals surface area contributed by atoms with E-state index in [0.717, 1.165) is 11.1 Å². The van der Waals surface area contributed by atoms with Crippen LogP contribution in [-0.2, 0) is 22.6 Å². The standard InChI is InChI=1S/C19H23N5O3/c1-3-27-12-17(25)20-8-9-24-18-16(10-22-24)19(26)23(13-21-18)11-15-7-5-4-6-14(15)2/h4-7,10,13H,3,8-9,11-12H2,1-2H3,(H,20,25). The van der Waals surface area contributed by atoms with Gasteiger partial charge in [-0.3, -0.25) is 14.2 Å². The summed E-state index contributed by atoms with van der Waals surface area (Å²) in [6, 6.07) is 7.95. The third-order valence-electron chi connectivity index (χ3n) is 4.31. The van der Waals surface area contributed by atoms with E-state index in [4.69, 9.17) is 4.74 Å². The van der Waals surface area contributed by atoms with Crippen LogP contribution >= 0.6 is 0 Å². The molecule has 2 heterocycles. The van der Waals surface area contributed by atoms with Gasteiger partial charge in [0.25, 0.3) is 5.56 Å². The van der Waals surface area contributed by atoms with Crippen LogP contribution < -0.4 is 10.9 Å². The fraction of sp³-hybridized carbons (Fsp3) is 0.368. The fourth-order valence-corrected chi connectivity index (χ4v) is 2.79. The molecule has 0 radical (unpaired) electrons. The molecule has 1 N–H and O–H groups in total. The Morgan fingerprint density at radius 1 is 1.30 bits per heavy atom. The zero-order valence-electron chi connectivity index (χ0n) is 15.5. The van der Waals surface area contributed by atoms with E-state index >= 15 is 0 Å². The highest BCUT2D eigenvalue weighted by Gasteiger charge is 2.11. The Kier molecular flexibility index (Phi) is 5.97. The minimum atomic E-state index is -0.179. The molecule has 8 nitrogen and oxygen atoms in total. The lowest BCUT2D eigenvalue weighted by molar-refractivity contribution is -0.125. The number of amides is 1. The molecule has 0 spiro atoms. The number of rotatable bonds is 8. The molecule has 0 fully saturated rings. The van der Waals surface area contributed by atoms with Gasteiger partial charge in [-0.05, 0) is 25.0 Å². The van der Waals surface area contributed by atoms with Crippen molar-refractivity contribution in [2.45, 2.75) is 26.9 Å². The van der Waals surface area contributed by atoms with Crippen LogP contribution in [0.3, 0.4) is 0 Å². The number of aryl methyl sites for hydroxylation is 1. The number of hydrogen-bond donors (Lipinski definition) is 1. The number of ether oxygens (including phenoxy) is 1. The number of nitrogens with one attached hydrogen (secondary N) is 1. The minimum Gasteiger partial charge on any atom is -0.372 e. The zero-order valence-corrected chi connectivity index (χ0v) is 15.5. The van der Waals surface area contributed by atoms with Gasteiger partial charge in [0.05, 0.1) is 19.3 Å². The molecule has 0 aliphatic carbocycles. The quantitative estimate of drug-likeness (QED) is 0.642. The van der Waals surface area contributed by atoms with Crippen LogP contribution in [0.5, 0.6) is 0 Å². The number of fused-ring (bicyclic) bond motifs is 1. The molecule has 1 aromatic carbocycles. The Hall–Kier alpha value is -3.00. The van der Waals surface area contributed by atoms with Gasteiger partial charge in [0.15, 0.2) is 5.65 Å². The van der Waals surface area contributed by atoms with E-state index in [1.54, 1.807) is 15.6 Å². The van der Waals surface area contributed by atoms with Crippen molar-refractivity contribution in [2.75, 3.05) is 19.8 Å². The van der Waals surface area contributed by atoms with Crippen LogP contribution in [0.25, 0.3) is 11.0 Å². The van der Waals surface area contributed by atoms with E-state index in [1.807, 2.05) is 38.1 Å². The predicted octanol–water partition coefficient (Wildman–Crippen LogP) is 1.10. The van der Waals surface area contributed by atoms with Gasteiger partial charge >= 0.3 is 0 Å². The molecule has 0 saturated carbocycles. The molecule has 0 saturated heterocycles. The number of carbonyl (C=O) groups excluding carboxylic acids is 1. The van der Waals surface area contributed by atoms with Crippen molar-refractivity contribution in [3.8, 4) is 0 Å². The molecule has 0 atom stereocenters. The van der Waals surface area contributed by atoms with Crippen molar-refractivity contribution in [1.29, 1.82) is 0 Å². The van der Waals surface area contributed by atoms with Gasteiger partial charge in [-0.15, -0.1) is 0 Å². The summed E-state index contributed by atoms with van der Waals surface area (Å²) < 4.78 is 8.25. The summed E-state index contributed by atoms with van der Waals surface area (Å²) in [5.74, 6) is -0.179. The second kappa shape index (κ2) is 8.59. The molecular formula is C19H23N5O3. The van der Waals surface area contributed by atoms with Gasteiger partial charge in [0, 0.05) is 13.2 Å². The first-order valence-electron chi connectivity index (χ1n) is 8.90.